The summed E-state index contributed by atoms with van der Waals surface area (Å²) in [7, 11) is 0. The number of cyclic esters (lactones) is 2. The molecule has 2 aliphatic heterocycles. The number of halogens is 1. The third kappa shape index (κ3) is 8.54. The van der Waals surface area contributed by atoms with Crippen LogP contribution in [0.15, 0.2) is 60.7 Å². The number of rotatable bonds is 7. The summed E-state index contributed by atoms with van der Waals surface area (Å²) < 4.78 is 17.3. The first kappa shape index (κ1) is 32.9. The second-order valence-corrected chi connectivity index (χ2v) is 11.5. The quantitative estimate of drug-likeness (QED) is 0.269. The predicted octanol–water partition coefficient (Wildman–Crippen LogP) is 3.90. The molecule has 234 valence electrons. The van der Waals surface area contributed by atoms with E-state index in [2.05, 4.69) is 10.6 Å². The van der Waals surface area contributed by atoms with Gasteiger partial charge >= 0.3 is 11.9 Å². The van der Waals surface area contributed by atoms with Crippen molar-refractivity contribution in [3.63, 3.8) is 0 Å². The van der Waals surface area contributed by atoms with Crippen LogP contribution >= 0.6 is 11.6 Å². The number of benzene rings is 2. The van der Waals surface area contributed by atoms with Crippen LogP contribution in [-0.2, 0) is 39.8 Å². The van der Waals surface area contributed by atoms with Gasteiger partial charge in [-0.15, -0.1) is 0 Å². The number of amides is 2. The Balaban J connectivity index is 1.55. The van der Waals surface area contributed by atoms with Crippen molar-refractivity contribution in [2.75, 3.05) is 6.54 Å². The molecule has 4 rings (SSSR count). The summed E-state index contributed by atoms with van der Waals surface area (Å²) >= 11 is 6.17. The maximum absolute atomic E-state index is 13.2. The van der Waals surface area contributed by atoms with Gasteiger partial charge in [0.05, 0.1) is 17.0 Å². The molecule has 0 radical (unpaired) electrons. The molecule has 2 heterocycles. The van der Waals surface area contributed by atoms with E-state index in [9.17, 15) is 24.0 Å². The molecule has 11 heteroatoms. The first-order valence-corrected chi connectivity index (χ1v) is 15.1. The molecule has 0 saturated carbocycles. The minimum atomic E-state index is -1.13. The van der Waals surface area contributed by atoms with Crippen LogP contribution < -0.4 is 10.6 Å². The van der Waals surface area contributed by atoms with E-state index in [4.69, 9.17) is 25.8 Å². The number of esters is 2. The summed E-state index contributed by atoms with van der Waals surface area (Å²) in [6.45, 7) is 5.10. The van der Waals surface area contributed by atoms with Crippen molar-refractivity contribution < 1.29 is 38.2 Å². The molecule has 1 fully saturated rings. The van der Waals surface area contributed by atoms with Gasteiger partial charge in [0.15, 0.2) is 12.4 Å². The van der Waals surface area contributed by atoms with Crippen molar-refractivity contribution in [2.24, 2.45) is 11.8 Å². The lowest BCUT2D eigenvalue weighted by Gasteiger charge is -2.26. The smallest absolute Gasteiger partial charge is 0.347 e. The molecule has 0 bridgehead atoms. The summed E-state index contributed by atoms with van der Waals surface area (Å²) in [5.41, 5.74) is 1.94. The van der Waals surface area contributed by atoms with Gasteiger partial charge in [-0.25, -0.2) is 4.79 Å². The van der Waals surface area contributed by atoms with Gasteiger partial charge in [0.1, 0.15) is 18.2 Å². The Kier molecular flexibility index (Phi) is 11.3. The van der Waals surface area contributed by atoms with Crippen LogP contribution in [0.5, 0.6) is 0 Å². The van der Waals surface area contributed by atoms with Crippen LogP contribution in [0, 0.1) is 11.8 Å². The fraction of sp³-hybridized carbons (Fsp3) is 0.424. The van der Waals surface area contributed by atoms with E-state index in [0.717, 1.165) is 5.56 Å². The molecule has 2 aromatic rings. The highest BCUT2D eigenvalue weighted by Crippen LogP contribution is 2.45. The van der Waals surface area contributed by atoms with Gasteiger partial charge in [0.25, 0.3) is 0 Å². The lowest BCUT2D eigenvalue weighted by atomic mass is 9.93. The van der Waals surface area contributed by atoms with Gasteiger partial charge in [-0.1, -0.05) is 74.8 Å². The standard InChI is InChI=1S/C33H37ClN2O8/c1-4-26-33(41)43-27(20(3)29-30(44-29)22-9-6-5-7-10-22)11-8-12-28(38)36-25(31(39)35-17-19(2)32(40)42-26)16-21-13-14-23(18-37)24(34)15-21/h5-10,12-15,18-20,25-27,29-30H,4,11,16-17H2,1-3H3,(H,35,39)(H,36,38)/b12-8+/t19-,20+,25-,26+,27+,29-,30-/m1/s1. The zero-order valence-electron chi connectivity index (χ0n) is 24.9. The molecule has 7 atom stereocenters. The molecule has 10 nitrogen and oxygen atoms in total. The van der Waals surface area contributed by atoms with E-state index in [0.29, 0.717) is 17.4 Å². The number of hydrogen-bond donors (Lipinski definition) is 2. The van der Waals surface area contributed by atoms with Crippen LogP contribution in [0.2, 0.25) is 5.02 Å². The normalized spacial score (nSPS) is 28.1. The lowest BCUT2D eigenvalue weighted by molar-refractivity contribution is -0.175. The molecule has 0 aromatic heterocycles. The summed E-state index contributed by atoms with van der Waals surface area (Å²) in [5.74, 6) is -3.44. The second kappa shape index (κ2) is 15.1. The zero-order chi connectivity index (χ0) is 31.8. The van der Waals surface area contributed by atoms with Crippen molar-refractivity contribution in [3.05, 3.63) is 82.4 Å². The number of hydrogen-bond acceptors (Lipinski definition) is 8. The van der Waals surface area contributed by atoms with Crippen molar-refractivity contribution in [2.45, 2.75) is 70.5 Å². The van der Waals surface area contributed by atoms with Gasteiger partial charge in [-0.3, -0.25) is 19.2 Å². The zero-order valence-corrected chi connectivity index (χ0v) is 25.6. The Hall–Kier alpha value is -4.02. The van der Waals surface area contributed by atoms with Gasteiger partial charge in [0.2, 0.25) is 11.8 Å². The van der Waals surface area contributed by atoms with Gasteiger partial charge in [-0.2, -0.15) is 0 Å². The fourth-order valence-corrected chi connectivity index (χ4v) is 5.27. The first-order chi connectivity index (χ1) is 21.1. The van der Waals surface area contributed by atoms with Crippen LogP contribution in [0.1, 0.15) is 61.2 Å². The lowest BCUT2D eigenvalue weighted by Crippen LogP contribution is -2.49. The monoisotopic (exact) mass is 624 g/mol. The van der Waals surface area contributed by atoms with Crippen LogP contribution in [0.3, 0.4) is 0 Å². The average Bonchev–Trinajstić information content (AvgIpc) is 3.82. The fourth-order valence-electron chi connectivity index (χ4n) is 5.02. The van der Waals surface area contributed by atoms with Crippen molar-refractivity contribution >= 4 is 41.6 Å². The Bertz CT molecular complexity index is 1400. The van der Waals surface area contributed by atoms with Gasteiger partial charge in [0, 0.05) is 30.9 Å². The van der Waals surface area contributed by atoms with Crippen molar-refractivity contribution in [3.8, 4) is 0 Å². The van der Waals surface area contributed by atoms with Crippen molar-refractivity contribution in [1.29, 1.82) is 0 Å². The van der Waals surface area contributed by atoms with E-state index in [1.807, 2.05) is 37.3 Å². The number of aldehydes is 1. The predicted molar refractivity (Wildman–Crippen MR) is 162 cm³/mol. The van der Waals surface area contributed by atoms with E-state index in [-0.39, 0.29) is 49.0 Å². The topological polar surface area (TPSA) is 140 Å². The Morgan fingerprint density at radius 2 is 1.80 bits per heavy atom. The Morgan fingerprint density at radius 3 is 2.48 bits per heavy atom. The third-order valence-electron chi connectivity index (χ3n) is 7.81. The summed E-state index contributed by atoms with van der Waals surface area (Å²) in [6, 6.07) is 13.5. The molecule has 0 spiro atoms. The van der Waals surface area contributed by atoms with Crippen LogP contribution in [0.4, 0.5) is 0 Å². The van der Waals surface area contributed by atoms with Crippen molar-refractivity contribution in [1.82, 2.24) is 10.6 Å². The maximum atomic E-state index is 13.2. The molecular weight excluding hydrogens is 588 g/mol. The number of nitrogens with one attached hydrogen (secondary N) is 2. The molecule has 0 unspecified atom stereocenters. The van der Waals surface area contributed by atoms with E-state index >= 15 is 0 Å². The summed E-state index contributed by atoms with van der Waals surface area (Å²) in [5, 5.41) is 5.61. The summed E-state index contributed by atoms with van der Waals surface area (Å²) in [6.07, 6.45) is 1.80. The Labute approximate surface area is 261 Å². The summed E-state index contributed by atoms with van der Waals surface area (Å²) in [4.78, 5) is 63.3. The van der Waals surface area contributed by atoms with Gasteiger partial charge in [-0.05, 0) is 35.8 Å². The Morgan fingerprint density at radius 1 is 1.05 bits per heavy atom. The highest BCUT2D eigenvalue weighted by atomic mass is 35.5. The molecule has 2 N–H and O–H groups in total. The highest BCUT2D eigenvalue weighted by Gasteiger charge is 2.47. The second-order valence-electron chi connectivity index (χ2n) is 11.1. The van der Waals surface area contributed by atoms with Crippen LogP contribution in [0.25, 0.3) is 0 Å². The SMILES string of the molecule is CC[C@@H]1OC(=O)[C@H](C)CNC(=O)[C@@H](Cc2ccc(C=O)c(Cl)c2)NC(=O)/C=C/C[C@@H]([C@H](C)[C@H]2O[C@@H]2c2ccccc2)OC1=O. The number of ether oxygens (including phenoxy) is 3. The maximum Gasteiger partial charge on any atom is 0.347 e. The van der Waals surface area contributed by atoms with Crippen LogP contribution in [-0.4, -0.2) is 60.9 Å². The minimum Gasteiger partial charge on any atom is -0.459 e. The molecule has 44 heavy (non-hydrogen) atoms. The minimum absolute atomic E-state index is 0.0815. The average molecular weight is 625 g/mol. The van der Waals surface area contributed by atoms with E-state index in [1.165, 1.54) is 12.1 Å². The number of epoxide rings is 1. The molecule has 0 aliphatic carbocycles. The molecule has 1 saturated heterocycles. The third-order valence-corrected chi connectivity index (χ3v) is 8.13. The highest BCUT2D eigenvalue weighted by molar-refractivity contribution is 6.33. The van der Waals surface area contributed by atoms with E-state index < -0.39 is 47.9 Å². The largest absolute Gasteiger partial charge is 0.459 e. The van der Waals surface area contributed by atoms with Gasteiger partial charge < -0.3 is 24.8 Å². The number of carbonyl (C=O) groups is 5. The molecule has 2 aromatic carbocycles. The molecular formula is C33H37ClN2O8. The van der Waals surface area contributed by atoms with E-state index in [1.54, 1.807) is 32.1 Å². The number of carbonyl (C=O) groups excluding carboxylic acids is 5. The molecule has 2 amide bonds. The molecule has 2 aliphatic rings. The first-order valence-electron chi connectivity index (χ1n) is 14.7.